The van der Waals surface area contributed by atoms with E-state index in [4.69, 9.17) is 30.3 Å². The fourth-order valence-electron chi connectivity index (χ4n) is 3.80. The summed E-state index contributed by atoms with van der Waals surface area (Å²) in [5.74, 6) is 2.35. The fourth-order valence-corrected chi connectivity index (χ4v) is 4.08. The third-order valence-corrected chi connectivity index (χ3v) is 5.60. The Labute approximate surface area is 185 Å². The summed E-state index contributed by atoms with van der Waals surface area (Å²) in [7, 11) is 3.25. The Hall–Kier alpha value is -3.19. The number of aromatic nitrogens is 1. The van der Waals surface area contributed by atoms with Crippen molar-refractivity contribution < 1.29 is 23.5 Å². The SMILES string of the molecule is COc1ccc(OC)c(-c2cc(Cl)c3c(c2)C[C@@H](CNC(=O)c2c(C)noc2C)O3)c1. The minimum absolute atomic E-state index is 0.223. The van der Waals surface area contributed by atoms with Gasteiger partial charge in [-0.25, -0.2) is 0 Å². The summed E-state index contributed by atoms with van der Waals surface area (Å²) < 4.78 is 21.9. The van der Waals surface area contributed by atoms with Crippen molar-refractivity contribution in [3.63, 3.8) is 0 Å². The Morgan fingerprint density at radius 2 is 2.03 bits per heavy atom. The molecule has 162 valence electrons. The Balaban J connectivity index is 1.52. The first kappa shape index (κ1) is 21.1. The van der Waals surface area contributed by atoms with Crippen molar-refractivity contribution in [1.29, 1.82) is 0 Å². The van der Waals surface area contributed by atoms with Crippen LogP contribution >= 0.6 is 11.6 Å². The number of amides is 1. The molecule has 3 aromatic rings. The molecule has 1 aliphatic heterocycles. The molecular weight excluding hydrogens is 420 g/mol. The monoisotopic (exact) mass is 442 g/mol. The molecule has 0 saturated heterocycles. The number of rotatable bonds is 6. The molecule has 0 radical (unpaired) electrons. The predicted octanol–water partition coefficient (Wildman–Crippen LogP) is 4.36. The zero-order chi connectivity index (χ0) is 22.1. The molecule has 2 aromatic carbocycles. The number of ether oxygens (including phenoxy) is 3. The molecule has 0 unspecified atom stereocenters. The number of nitrogens with one attached hydrogen (secondary N) is 1. The van der Waals surface area contributed by atoms with E-state index in [9.17, 15) is 4.79 Å². The van der Waals surface area contributed by atoms with Crippen LogP contribution in [0.1, 0.15) is 27.4 Å². The lowest BCUT2D eigenvalue weighted by Gasteiger charge is -2.13. The topological polar surface area (TPSA) is 82.8 Å². The number of carbonyl (C=O) groups excluding carboxylic acids is 1. The first-order valence-corrected chi connectivity index (χ1v) is 10.2. The molecule has 2 heterocycles. The van der Waals surface area contributed by atoms with Crippen molar-refractivity contribution >= 4 is 17.5 Å². The minimum Gasteiger partial charge on any atom is -0.497 e. The highest BCUT2D eigenvalue weighted by Crippen LogP contribution is 2.42. The standard InChI is InChI=1S/C23H23ClN2O5/c1-12-21(13(2)31-26-12)23(27)25-11-17-8-15-7-14(9-19(24)22(15)30-17)18-10-16(28-3)5-6-20(18)29-4/h5-7,9-10,17H,8,11H2,1-4H3,(H,25,27)/t17-/m0/s1. The van der Waals surface area contributed by atoms with Gasteiger partial charge in [-0.3, -0.25) is 4.79 Å². The van der Waals surface area contributed by atoms with E-state index in [0.717, 1.165) is 28.2 Å². The van der Waals surface area contributed by atoms with Crippen molar-refractivity contribution in [2.75, 3.05) is 20.8 Å². The van der Waals surface area contributed by atoms with Gasteiger partial charge >= 0.3 is 0 Å². The van der Waals surface area contributed by atoms with Gasteiger partial charge < -0.3 is 24.1 Å². The van der Waals surface area contributed by atoms with Crippen LogP contribution in [0.3, 0.4) is 0 Å². The maximum atomic E-state index is 12.5. The molecule has 0 bridgehead atoms. The average molecular weight is 443 g/mol. The first-order valence-electron chi connectivity index (χ1n) is 9.83. The zero-order valence-corrected chi connectivity index (χ0v) is 18.5. The van der Waals surface area contributed by atoms with E-state index in [1.54, 1.807) is 28.1 Å². The van der Waals surface area contributed by atoms with Gasteiger partial charge in [0.1, 0.15) is 34.7 Å². The second kappa shape index (κ2) is 8.51. The molecule has 0 aliphatic carbocycles. The van der Waals surface area contributed by atoms with Crippen LogP contribution in [0.4, 0.5) is 0 Å². The maximum absolute atomic E-state index is 12.5. The van der Waals surface area contributed by atoms with E-state index in [2.05, 4.69) is 10.5 Å². The van der Waals surface area contributed by atoms with Gasteiger partial charge in [0, 0.05) is 17.5 Å². The van der Waals surface area contributed by atoms with Gasteiger partial charge in [-0.2, -0.15) is 0 Å². The quantitative estimate of drug-likeness (QED) is 0.610. The zero-order valence-electron chi connectivity index (χ0n) is 17.7. The van der Waals surface area contributed by atoms with Gasteiger partial charge in [-0.1, -0.05) is 16.8 Å². The Morgan fingerprint density at radius 3 is 2.71 bits per heavy atom. The molecule has 31 heavy (non-hydrogen) atoms. The van der Waals surface area contributed by atoms with E-state index in [1.165, 1.54) is 0 Å². The van der Waals surface area contributed by atoms with E-state index < -0.39 is 0 Å². The number of nitrogens with zero attached hydrogens (tertiary/aromatic N) is 1. The summed E-state index contributed by atoms with van der Waals surface area (Å²) in [5, 5.41) is 7.23. The van der Waals surface area contributed by atoms with E-state index in [-0.39, 0.29) is 12.0 Å². The number of hydrogen-bond acceptors (Lipinski definition) is 6. The van der Waals surface area contributed by atoms with Crippen molar-refractivity contribution in [3.8, 4) is 28.4 Å². The number of aryl methyl sites for hydroxylation is 2. The molecule has 4 rings (SSSR count). The second-order valence-electron chi connectivity index (χ2n) is 7.37. The molecule has 1 aromatic heterocycles. The van der Waals surface area contributed by atoms with Gasteiger partial charge in [0.15, 0.2) is 0 Å². The first-order chi connectivity index (χ1) is 14.9. The number of methoxy groups -OCH3 is 2. The number of halogens is 1. The third-order valence-electron chi connectivity index (χ3n) is 5.32. The van der Waals surface area contributed by atoms with Gasteiger partial charge in [-0.05, 0) is 49.7 Å². The highest BCUT2D eigenvalue weighted by molar-refractivity contribution is 6.32. The van der Waals surface area contributed by atoms with Crippen LogP contribution in [0.15, 0.2) is 34.9 Å². The highest BCUT2D eigenvalue weighted by atomic mass is 35.5. The van der Waals surface area contributed by atoms with Crippen LogP contribution in [0.5, 0.6) is 17.2 Å². The summed E-state index contributed by atoms with van der Waals surface area (Å²) in [4.78, 5) is 12.5. The van der Waals surface area contributed by atoms with E-state index in [1.807, 2.05) is 30.3 Å². The van der Waals surface area contributed by atoms with Crippen molar-refractivity contribution in [1.82, 2.24) is 10.5 Å². The number of carbonyl (C=O) groups is 1. The molecular formula is C23H23ClN2O5. The molecule has 8 heteroatoms. The molecule has 0 saturated carbocycles. The van der Waals surface area contributed by atoms with E-state index in [0.29, 0.717) is 40.8 Å². The Morgan fingerprint density at radius 1 is 1.23 bits per heavy atom. The van der Waals surface area contributed by atoms with Crippen LogP contribution in [0, 0.1) is 13.8 Å². The normalized spacial score (nSPS) is 14.7. The molecule has 0 fully saturated rings. The Kier molecular flexibility index (Phi) is 5.78. The third kappa shape index (κ3) is 4.05. The van der Waals surface area contributed by atoms with Gasteiger partial charge in [0.05, 0.1) is 31.5 Å². The largest absolute Gasteiger partial charge is 0.497 e. The summed E-state index contributed by atoms with van der Waals surface area (Å²) in [6.45, 7) is 3.79. The molecule has 1 amide bonds. The lowest BCUT2D eigenvalue weighted by molar-refractivity contribution is 0.0931. The van der Waals surface area contributed by atoms with Gasteiger partial charge in [0.25, 0.3) is 5.91 Å². The number of hydrogen-bond donors (Lipinski definition) is 1. The summed E-state index contributed by atoms with van der Waals surface area (Å²) in [5.41, 5.74) is 3.78. The van der Waals surface area contributed by atoms with Gasteiger partial charge in [-0.15, -0.1) is 0 Å². The van der Waals surface area contributed by atoms with Crippen molar-refractivity contribution in [2.24, 2.45) is 0 Å². The van der Waals surface area contributed by atoms with Crippen molar-refractivity contribution in [3.05, 3.63) is 57.9 Å². The molecule has 1 atom stereocenters. The average Bonchev–Trinajstić information content (AvgIpc) is 3.34. The predicted molar refractivity (Wildman–Crippen MR) is 116 cm³/mol. The van der Waals surface area contributed by atoms with Crippen LogP contribution in [-0.4, -0.2) is 37.9 Å². The molecule has 1 aliphatic rings. The molecule has 1 N–H and O–H groups in total. The van der Waals surface area contributed by atoms with Gasteiger partial charge in [0.2, 0.25) is 0 Å². The minimum atomic E-state index is -0.233. The smallest absolute Gasteiger partial charge is 0.256 e. The summed E-state index contributed by atoms with van der Waals surface area (Å²) >= 11 is 6.54. The van der Waals surface area contributed by atoms with Crippen LogP contribution in [0.2, 0.25) is 5.02 Å². The van der Waals surface area contributed by atoms with Crippen molar-refractivity contribution in [2.45, 2.75) is 26.4 Å². The Bertz CT molecular complexity index is 1120. The summed E-state index contributed by atoms with van der Waals surface area (Å²) in [6.07, 6.45) is 0.399. The van der Waals surface area contributed by atoms with Crippen LogP contribution in [-0.2, 0) is 6.42 Å². The number of fused-ring (bicyclic) bond motifs is 1. The number of benzene rings is 2. The lowest BCUT2D eigenvalue weighted by Crippen LogP contribution is -2.34. The highest BCUT2D eigenvalue weighted by Gasteiger charge is 2.28. The second-order valence-corrected chi connectivity index (χ2v) is 7.77. The maximum Gasteiger partial charge on any atom is 0.256 e. The fraction of sp³-hybridized carbons (Fsp3) is 0.304. The van der Waals surface area contributed by atoms with Crippen LogP contribution < -0.4 is 19.5 Å². The van der Waals surface area contributed by atoms with Crippen LogP contribution in [0.25, 0.3) is 11.1 Å². The molecule has 0 spiro atoms. The van der Waals surface area contributed by atoms with E-state index >= 15 is 0 Å². The summed E-state index contributed by atoms with van der Waals surface area (Å²) in [6, 6.07) is 9.50. The lowest BCUT2D eigenvalue weighted by atomic mass is 9.99. The molecule has 7 nitrogen and oxygen atoms in total.